The molecule has 48 heavy (non-hydrogen) atoms. The van der Waals surface area contributed by atoms with Gasteiger partial charge in [0.15, 0.2) is 5.78 Å². The van der Waals surface area contributed by atoms with Crippen molar-refractivity contribution in [3.05, 3.63) is 118 Å². The molecule has 0 atom stereocenters. The van der Waals surface area contributed by atoms with Crippen LogP contribution in [-0.2, 0) is 12.8 Å². The van der Waals surface area contributed by atoms with Gasteiger partial charge in [-0.1, -0.05) is 201 Å². The quantitative estimate of drug-likeness (QED) is 0.0612. The van der Waals surface area contributed by atoms with E-state index < -0.39 is 0 Å². The summed E-state index contributed by atoms with van der Waals surface area (Å²) in [6, 6.07) is 30.1. The van der Waals surface area contributed by atoms with Crippen molar-refractivity contribution < 1.29 is 4.79 Å². The SMILES string of the molecule is CCCCCCCCCCc1ccc(-c2cccc3c2C(=O)c2c(cccc2-c2ccc(CCCCCCCCCC)cc2)C3=S)cc1. The number of fused-ring (bicyclic) bond motifs is 2. The third-order valence-corrected chi connectivity index (χ3v) is 10.7. The van der Waals surface area contributed by atoms with E-state index in [2.05, 4.69) is 74.5 Å². The van der Waals surface area contributed by atoms with E-state index in [0.717, 1.165) is 62.2 Å². The predicted octanol–water partition coefficient (Wildman–Crippen LogP) is 13.7. The zero-order valence-electron chi connectivity index (χ0n) is 29.6. The highest BCUT2D eigenvalue weighted by Gasteiger charge is 2.31. The Hall–Kier alpha value is -3.36. The van der Waals surface area contributed by atoms with Crippen molar-refractivity contribution in [2.24, 2.45) is 0 Å². The molecule has 1 aliphatic carbocycles. The topological polar surface area (TPSA) is 17.1 Å². The summed E-state index contributed by atoms with van der Waals surface area (Å²) < 4.78 is 0. The fourth-order valence-corrected chi connectivity index (χ4v) is 7.69. The van der Waals surface area contributed by atoms with E-state index in [1.165, 1.54) is 114 Å². The Kier molecular flexibility index (Phi) is 14.2. The van der Waals surface area contributed by atoms with Crippen LogP contribution in [0, 0.1) is 0 Å². The third-order valence-electron chi connectivity index (χ3n) is 10.2. The van der Waals surface area contributed by atoms with Crippen molar-refractivity contribution in [2.75, 3.05) is 0 Å². The van der Waals surface area contributed by atoms with Gasteiger partial charge in [0.1, 0.15) is 0 Å². The van der Waals surface area contributed by atoms with Gasteiger partial charge in [0.2, 0.25) is 0 Å². The zero-order chi connectivity index (χ0) is 33.6. The Bertz CT molecular complexity index is 1490. The molecule has 4 aromatic rings. The van der Waals surface area contributed by atoms with Crippen molar-refractivity contribution >= 4 is 22.9 Å². The second-order valence-corrected chi connectivity index (χ2v) is 14.4. The lowest BCUT2D eigenvalue weighted by Gasteiger charge is -2.24. The Morgan fingerprint density at radius 2 is 0.750 bits per heavy atom. The van der Waals surface area contributed by atoms with E-state index in [4.69, 9.17) is 12.2 Å². The van der Waals surface area contributed by atoms with Gasteiger partial charge in [0.25, 0.3) is 0 Å². The maximum absolute atomic E-state index is 14.5. The average molecular weight is 657 g/mol. The minimum Gasteiger partial charge on any atom is -0.289 e. The molecule has 0 fully saturated rings. The first kappa shape index (κ1) is 35.9. The number of rotatable bonds is 20. The number of thiocarbonyl (C=S) groups is 1. The van der Waals surface area contributed by atoms with Crippen molar-refractivity contribution in [3.8, 4) is 22.3 Å². The van der Waals surface area contributed by atoms with Crippen molar-refractivity contribution in [3.63, 3.8) is 0 Å². The highest BCUT2D eigenvalue weighted by molar-refractivity contribution is 7.81. The third kappa shape index (κ3) is 9.41. The molecule has 1 nitrogen and oxygen atoms in total. The first-order valence-corrected chi connectivity index (χ1v) is 19.6. The summed E-state index contributed by atoms with van der Waals surface area (Å²) in [7, 11) is 0. The first-order valence-electron chi connectivity index (χ1n) is 19.2. The van der Waals surface area contributed by atoms with Gasteiger partial charge in [0.05, 0.1) is 4.86 Å². The maximum Gasteiger partial charge on any atom is 0.195 e. The number of hydrogen-bond donors (Lipinski definition) is 0. The van der Waals surface area contributed by atoms with Gasteiger partial charge in [-0.3, -0.25) is 4.79 Å². The standard InChI is InChI=1S/C46H56OS/c1-3-5-7-9-11-13-15-17-21-35-27-31-37(32-28-35)39-23-19-25-41-43(39)45(47)44-40(24-20-26-42(44)46(41)48)38-33-29-36(30-34-38)22-18-16-14-12-10-8-6-4-2/h19-20,23-34H,3-18,21-22H2,1-2H3. The molecule has 0 N–H and O–H groups in total. The molecule has 0 heterocycles. The van der Waals surface area contributed by atoms with Gasteiger partial charge in [0, 0.05) is 22.3 Å². The van der Waals surface area contributed by atoms with Gasteiger partial charge < -0.3 is 0 Å². The van der Waals surface area contributed by atoms with E-state index in [1.807, 2.05) is 24.3 Å². The summed E-state index contributed by atoms with van der Waals surface area (Å²) in [4.78, 5) is 15.3. The molecule has 0 aliphatic heterocycles. The molecular formula is C46H56OS. The van der Waals surface area contributed by atoms with E-state index in [-0.39, 0.29) is 5.78 Å². The van der Waals surface area contributed by atoms with Crippen LogP contribution in [0.1, 0.15) is 155 Å². The Morgan fingerprint density at radius 1 is 0.417 bits per heavy atom. The molecule has 0 aromatic heterocycles. The largest absolute Gasteiger partial charge is 0.289 e. The van der Waals surface area contributed by atoms with Crippen LogP contribution in [0.25, 0.3) is 22.3 Å². The molecule has 2 heteroatoms. The lowest BCUT2D eigenvalue weighted by molar-refractivity contribution is 0.103. The Morgan fingerprint density at radius 3 is 1.12 bits per heavy atom. The zero-order valence-corrected chi connectivity index (χ0v) is 30.4. The maximum atomic E-state index is 14.5. The van der Waals surface area contributed by atoms with Crippen LogP contribution in [0.5, 0.6) is 0 Å². The monoisotopic (exact) mass is 656 g/mol. The fraction of sp³-hybridized carbons (Fsp3) is 0.435. The smallest absolute Gasteiger partial charge is 0.195 e. The number of aryl methyl sites for hydroxylation is 2. The van der Waals surface area contributed by atoms with Crippen molar-refractivity contribution in [1.29, 1.82) is 0 Å². The van der Waals surface area contributed by atoms with Gasteiger partial charge in [-0.15, -0.1) is 0 Å². The minimum absolute atomic E-state index is 0.0748. The molecule has 0 saturated carbocycles. The molecule has 0 bridgehead atoms. The van der Waals surface area contributed by atoms with Gasteiger partial charge in [-0.05, 0) is 59.1 Å². The van der Waals surface area contributed by atoms with Crippen LogP contribution in [-0.4, -0.2) is 10.6 Å². The molecule has 0 amide bonds. The molecule has 252 valence electrons. The highest BCUT2D eigenvalue weighted by atomic mass is 32.1. The Labute approximate surface area is 296 Å². The van der Waals surface area contributed by atoms with E-state index >= 15 is 0 Å². The summed E-state index contributed by atoms with van der Waals surface area (Å²) in [6.45, 7) is 4.55. The molecular weight excluding hydrogens is 601 g/mol. The van der Waals surface area contributed by atoms with Crippen LogP contribution >= 0.6 is 12.2 Å². The number of hydrogen-bond acceptors (Lipinski definition) is 2. The number of ketones is 1. The number of carbonyl (C=O) groups excluding carboxylic acids is 1. The summed E-state index contributed by atoms with van der Waals surface area (Å²) in [5.74, 6) is 0.0748. The highest BCUT2D eigenvalue weighted by Crippen LogP contribution is 2.39. The van der Waals surface area contributed by atoms with Gasteiger partial charge in [-0.2, -0.15) is 0 Å². The molecule has 0 radical (unpaired) electrons. The normalized spacial score (nSPS) is 12.3. The molecule has 4 aromatic carbocycles. The summed E-state index contributed by atoms with van der Waals surface area (Å²) >= 11 is 6.07. The molecule has 5 rings (SSSR count). The van der Waals surface area contributed by atoms with E-state index in [0.29, 0.717) is 0 Å². The molecule has 0 spiro atoms. The summed E-state index contributed by atoms with van der Waals surface area (Å²) in [5, 5.41) is 0. The van der Waals surface area contributed by atoms with Crippen LogP contribution in [0.3, 0.4) is 0 Å². The van der Waals surface area contributed by atoms with Gasteiger partial charge in [-0.25, -0.2) is 0 Å². The molecule has 0 saturated heterocycles. The fourth-order valence-electron chi connectivity index (χ4n) is 7.35. The van der Waals surface area contributed by atoms with E-state index in [9.17, 15) is 4.79 Å². The lowest BCUT2D eigenvalue weighted by atomic mass is 9.78. The molecule has 0 unspecified atom stereocenters. The number of benzene rings is 4. The number of unbranched alkanes of at least 4 members (excludes halogenated alkanes) is 14. The minimum atomic E-state index is 0.0748. The van der Waals surface area contributed by atoms with Crippen LogP contribution in [0.15, 0.2) is 84.9 Å². The van der Waals surface area contributed by atoms with Crippen molar-refractivity contribution in [1.82, 2.24) is 0 Å². The first-order chi connectivity index (χ1) is 23.6. The van der Waals surface area contributed by atoms with Crippen molar-refractivity contribution in [2.45, 2.75) is 129 Å². The Balaban J connectivity index is 1.26. The van der Waals surface area contributed by atoms with Crippen LogP contribution in [0.2, 0.25) is 0 Å². The van der Waals surface area contributed by atoms with Crippen LogP contribution in [0.4, 0.5) is 0 Å². The van der Waals surface area contributed by atoms with Crippen LogP contribution < -0.4 is 0 Å². The van der Waals surface area contributed by atoms with E-state index in [1.54, 1.807) is 0 Å². The number of carbonyl (C=O) groups is 1. The predicted molar refractivity (Wildman–Crippen MR) is 211 cm³/mol. The van der Waals surface area contributed by atoms with Gasteiger partial charge >= 0.3 is 0 Å². The lowest BCUT2D eigenvalue weighted by Crippen LogP contribution is -2.22. The summed E-state index contributed by atoms with van der Waals surface area (Å²) in [6.07, 6.45) is 23.6. The second kappa shape index (κ2) is 19.0. The second-order valence-electron chi connectivity index (χ2n) is 14.0. The molecule has 1 aliphatic rings. The summed E-state index contributed by atoms with van der Waals surface area (Å²) in [5.41, 5.74) is 10.1. The average Bonchev–Trinajstić information content (AvgIpc) is 3.13.